The Balaban J connectivity index is 1.49. The number of rotatable bonds is 5. The van der Waals surface area contributed by atoms with E-state index in [0.717, 1.165) is 22.9 Å². The molecule has 0 saturated carbocycles. The summed E-state index contributed by atoms with van der Waals surface area (Å²) in [5, 5.41) is 12.0. The van der Waals surface area contributed by atoms with E-state index in [1.165, 1.54) is 0 Å². The average Bonchev–Trinajstić information content (AvgIpc) is 3.16. The van der Waals surface area contributed by atoms with Crippen LogP contribution < -0.4 is 4.74 Å². The first-order valence-corrected chi connectivity index (χ1v) is 8.79. The van der Waals surface area contributed by atoms with Crippen LogP contribution in [0.1, 0.15) is 18.4 Å². The number of likely N-dealkylation sites (tertiary alicyclic amines) is 1. The van der Waals surface area contributed by atoms with Gasteiger partial charge in [-0.15, -0.1) is 0 Å². The van der Waals surface area contributed by atoms with Gasteiger partial charge in [0.1, 0.15) is 5.75 Å². The molecule has 0 amide bonds. The van der Waals surface area contributed by atoms with Crippen molar-refractivity contribution < 1.29 is 19.1 Å². The Hall–Kier alpha value is -2.79. The highest BCUT2D eigenvalue weighted by Crippen LogP contribution is 2.31. The predicted molar refractivity (Wildman–Crippen MR) is 98.2 cm³/mol. The van der Waals surface area contributed by atoms with Crippen LogP contribution in [0.3, 0.4) is 0 Å². The Labute approximate surface area is 151 Å². The van der Waals surface area contributed by atoms with Crippen molar-refractivity contribution in [2.45, 2.75) is 25.0 Å². The maximum atomic E-state index is 12.0. The normalized spacial score (nSPS) is 17.2. The quantitative estimate of drug-likeness (QED) is 0.754. The lowest BCUT2D eigenvalue weighted by Gasteiger charge is -2.38. The molecule has 0 radical (unpaired) electrons. The lowest BCUT2D eigenvalue weighted by atomic mass is 9.90. The summed E-state index contributed by atoms with van der Waals surface area (Å²) >= 11 is 0. The molecule has 1 aliphatic heterocycles. The zero-order chi connectivity index (χ0) is 18.0. The molecule has 0 aliphatic carbocycles. The first-order chi connectivity index (χ1) is 12.6. The molecule has 1 aliphatic rings. The number of carboxylic acid groups (broad SMARTS) is 1. The summed E-state index contributed by atoms with van der Waals surface area (Å²) in [4.78, 5) is 14.2. The van der Waals surface area contributed by atoms with Gasteiger partial charge in [0.2, 0.25) is 5.60 Å². The second-order valence-electron chi connectivity index (χ2n) is 6.82. The Morgan fingerprint density at radius 2 is 1.88 bits per heavy atom. The largest absolute Gasteiger partial charge is 0.478 e. The summed E-state index contributed by atoms with van der Waals surface area (Å²) in [5.74, 6) is -0.289. The van der Waals surface area contributed by atoms with E-state index in [-0.39, 0.29) is 0 Å². The van der Waals surface area contributed by atoms with Gasteiger partial charge in [-0.05, 0) is 29.0 Å². The van der Waals surface area contributed by atoms with E-state index in [2.05, 4.69) is 4.90 Å². The Morgan fingerprint density at radius 3 is 2.58 bits per heavy atom. The molecule has 1 fully saturated rings. The second kappa shape index (κ2) is 6.84. The van der Waals surface area contributed by atoms with Gasteiger partial charge in [-0.25, -0.2) is 4.79 Å². The zero-order valence-corrected chi connectivity index (χ0v) is 14.4. The molecule has 4 rings (SSSR count). The monoisotopic (exact) mass is 351 g/mol. The molecule has 134 valence electrons. The van der Waals surface area contributed by atoms with Crippen molar-refractivity contribution in [3.8, 4) is 5.75 Å². The van der Waals surface area contributed by atoms with E-state index in [1.54, 1.807) is 12.5 Å². The molecule has 5 nitrogen and oxygen atoms in total. The number of piperidine rings is 1. The van der Waals surface area contributed by atoms with Gasteiger partial charge in [0.25, 0.3) is 0 Å². The van der Waals surface area contributed by atoms with Crippen LogP contribution in [0.5, 0.6) is 5.75 Å². The molecule has 1 N–H and O–H groups in total. The highest BCUT2D eigenvalue weighted by molar-refractivity contribution is 5.84. The lowest BCUT2D eigenvalue weighted by Crippen LogP contribution is -2.53. The number of carbonyl (C=O) groups is 1. The molecular formula is C21H21NO4. The molecule has 0 bridgehead atoms. The smallest absolute Gasteiger partial charge is 0.348 e. The minimum atomic E-state index is -1.17. The number of hydrogen-bond acceptors (Lipinski definition) is 4. The lowest BCUT2D eigenvalue weighted by molar-refractivity contribution is -0.159. The molecule has 5 heteroatoms. The molecule has 3 aromatic rings. The summed E-state index contributed by atoms with van der Waals surface area (Å²) in [6, 6.07) is 15.6. The van der Waals surface area contributed by atoms with Crippen LogP contribution in [0, 0.1) is 0 Å². The minimum absolute atomic E-state index is 0.451. The number of furan rings is 1. The van der Waals surface area contributed by atoms with E-state index in [9.17, 15) is 9.90 Å². The maximum absolute atomic E-state index is 12.0. The SMILES string of the molecule is O=C(O)C1(Oc2ccc3ccccc3c2)CCN(Cc2ccoc2)CC1. The summed E-state index contributed by atoms with van der Waals surface area (Å²) in [6.07, 6.45) is 4.29. The van der Waals surface area contributed by atoms with Gasteiger partial charge in [0.15, 0.2) is 0 Å². The molecule has 2 heterocycles. The highest BCUT2D eigenvalue weighted by Gasteiger charge is 2.44. The van der Waals surface area contributed by atoms with Crippen LogP contribution in [-0.4, -0.2) is 34.7 Å². The number of nitrogens with zero attached hydrogens (tertiary/aromatic N) is 1. The van der Waals surface area contributed by atoms with Crippen LogP contribution in [0.25, 0.3) is 10.8 Å². The average molecular weight is 351 g/mol. The number of benzene rings is 2. The van der Waals surface area contributed by atoms with Crippen molar-refractivity contribution in [2.75, 3.05) is 13.1 Å². The van der Waals surface area contributed by atoms with Crippen LogP contribution >= 0.6 is 0 Å². The zero-order valence-electron chi connectivity index (χ0n) is 14.4. The number of aliphatic carboxylic acids is 1. The van der Waals surface area contributed by atoms with Gasteiger partial charge in [-0.3, -0.25) is 4.90 Å². The Kier molecular flexibility index (Phi) is 4.39. The number of hydrogen-bond donors (Lipinski definition) is 1. The first-order valence-electron chi connectivity index (χ1n) is 8.79. The summed E-state index contributed by atoms with van der Waals surface area (Å²) in [6.45, 7) is 2.11. The third kappa shape index (κ3) is 3.30. The molecule has 26 heavy (non-hydrogen) atoms. The van der Waals surface area contributed by atoms with Crippen LogP contribution in [0.4, 0.5) is 0 Å². The topological polar surface area (TPSA) is 62.9 Å². The van der Waals surface area contributed by atoms with E-state index >= 15 is 0 Å². The summed E-state index contributed by atoms with van der Waals surface area (Å²) < 4.78 is 11.2. The molecule has 0 atom stereocenters. The number of carboxylic acids is 1. The van der Waals surface area contributed by atoms with Gasteiger partial charge in [-0.1, -0.05) is 30.3 Å². The van der Waals surface area contributed by atoms with Gasteiger partial charge in [0, 0.05) is 38.0 Å². The van der Waals surface area contributed by atoms with Crippen molar-refractivity contribution >= 4 is 16.7 Å². The van der Waals surface area contributed by atoms with E-state index in [0.29, 0.717) is 31.7 Å². The van der Waals surface area contributed by atoms with Crippen molar-refractivity contribution in [3.63, 3.8) is 0 Å². The minimum Gasteiger partial charge on any atom is -0.478 e. The van der Waals surface area contributed by atoms with Crippen LogP contribution in [-0.2, 0) is 11.3 Å². The van der Waals surface area contributed by atoms with E-state index in [1.807, 2.05) is 48.5 Å². The van der Waals surface area contributed by atoms with Crippen LogP contribution in [0.15, 0.2) is 65.5 Å². The molecule has 1 aromatic heterocycles. The number of ether oxygens (including phenoxy) is 1. The summed E-state index contributed by atoms with van der Waals surface area (Å²) in [7, 11) is 0. The van der Waals surface area contributed by atoms with Gasteiger partial charge >= 0.3 is 5.97 Å². The standard InChI is InChI=1S/C21H21NO4/c23-20(24)21(8-10-22(11-9-21)14-16-7-12-25-15-16)26-19-6-5-17-3-1-2-4-18(17)13-19/h1-7,12-13,15H,8-11,14H2,(H,23,24). The summed E-state index contributed by atoms with van der Waals surface area (Å²) in [5.41, 5.74) is -0.0710. The molecule has 1 saturated heterocycles. The van der Waals surface area contributed by atoms with Gasteiger partial charge in [0.05, 0.1) is 12.5 Å². The Bertz CT molecular complexity index is 895. The predicted octanol–water partition coefficient (Wildman–Crippen LogP) is 3.93. The third-order valence-corrected chi connectivity index (χ3v) is 5.07. The van der Waals surface area contributed by atoms with Gasteiger partial charge < -0.3 is 14.3 Å². The van der Waals surface area contributed by atoms with E-state index in [4.69, 9.17) is 9.15 Å². The molecule has 0 unspecified atom stereocenters. The van der Waals surface area contributed by atoms with Crippen LogP contribution in [0.2, 0.25) is 0 Å². The number of fused-ring (bicyclic) bond motifs is 1. The first kappa shape index (κ1) is 16.7. The highest BCUT2D eigenvalue weighted by atomic mass is 16.5. The fourth-order valence-electron chi connectivity index (χ4n) is 3.53. The fraction of sp³-hybridized carbons (Fsp3) is 0.286. The van der Waals surface area contributed by atoms with Crippen molar-refractivity contribution in [2.24, 2.45) is 0 Å². The molecule has 0 spiro atoms. The molecule has 2 aromatic carbocycles. The van der Waals surface area contributed by atoms with Crippen molar-refractivity contribution in [1.29, 1.82) is 0 Å². The maximum Gasteiger partial charge on any atom is 0.348 e. The van der Waals surface area contributed by atoms with Crippen molar-refractivity contribution in [3.05, 3.63) is 66.6 Å². The van der Waals surface area contributed by atoms with E-state index < -0.39 is 11.6 Å². The second-order valence-corrected chi connectivity index (χ2v) is 6.82. The van der Waals surface area contributed by atoms with Crippen molar-refractivity contribution in [1.82, 2.24) is 4.90 Å². The van der Waals surface area contributed by atoms with Gasteiger partial charge in [-0.2, -0.15) is 0 Å². The Morgan fingerprint density at radius 1 is 1.12 bits per heavy atom. The third-order valence-electron chi connectivity index (χ3n) is 5.07. The fourth-order valence-corrected chi connectivity index (χ4v) is 3.53. The molecular weight excluding hydrogens is 330 g/mol.